The molecule has 2 rings (SSSR count). The number of hydrogen-bond donors (Lipinski definition) is 1. The highest BCUT2D eigenvalue weighted by atomic mass is 19.1. The third-order valence-electron chi connectivity index (χ3n) is 2.58. The van der Waals surface area contributed by atoms with Crippen molar-refractivity contribution >= 4 is 5.82 Å². The van der Waals surface area contributed by atoms with E-state index in [1.807, 2.05) is 6.07 Å². The van der Waals surface area contributed by atoms with Crippen molar-refractivity contribution in [3.63, 3.8) is 0 Å². The van der Waals surface area contributed by atoms with Crippen molar-refractivity contribution < 1.29 is 9.13 Å². The molecule has 1 N–H and O–H groups in total. The number of methoxy groups -OCH3 is 1. The first-order chi connectivity index (χ1) is 9.22. The van der Waals surface area contributed by atoms with Crippen LogP contribution >= 0.6 is 0 Å². The smallest absolute Gasteiger partial charge is 0.165 e. The first kappa shape index (κ1) is 12.8. The molecule has 0 saturated heterocycles. The highest BCUT2D eigenvalue weighted by molar-refractivity contribution is 5.40. The highest BCUT2D eigenvalue weighted by Crippen LogP contribution is 2.18. The Morgan fingerprint density at radius 3 is 2.79 bits per heavy atom. The third kappa shape index (κ3) is 3.19. The molecule has 2 aromatic rings. The van der Waals surface area contributed by atoms with Crippen molar-refractivity contribution in [3.8, 4) is 11.8 Å². The van der Waals surface area contributed by atoms with Crippen molar-refractivity contribution in [1.82, 2.24) is 4.98 Å². The number of aromatic nitrogens is 1. The van der Waals surface area contributed by atoms with Gasteiger partial charge in [-0.05, 0) is 29.8 Å². The van der Waals surface area contributed by atoms with Gasteiger partial charge < -0.3 is 10.1 Å². The number of nitriles is 1. The summed E-state index contributed by atoms with van der Waals surface area (Å²) in [7, 11) is 1.43. The van der Waals surface area contributed by atoms with Gasteiger partial charge in [0, 0.05) is 12.7 Å². The van der Waals surface area contributed by atoms with Gasteiger partial charge in [-0.3, -0.25) is 0 Å². The number of pyridine rings is 1. The Hall–Kier alpha value is -2.61. The molecule has 0 unspecified atom stereocenters. The SMILES string of the molecule is COc1ccc(CNc2ccc(C#N)cn2)cc1F. The first-order valence-electron chi connectivity index (χ1n) is 5.65. The zero-order chi connectivity index (χ0) is 13.7. The summed E-state index contributed by atoms with van der Waals surface area (Å²) in [6.07, 6.45) is 1.48. The maximum absolute atomic E-state index is 13.5. The van der Waals surface area contributed by atoms with Crippen LogP contribution in [0.15, 0.2) is 36.5 Å². The standard InChI is InChI=1S/C14H12FN3O/c1-19-13-4-2-10(6-12(13)15)8-17-14-5-3-11(7-16)9-18-14/h2-6,9H,8H2,1H3,(H,17,18). The fourth-order valence-electron chi connectivity index (χ4n) is 1.58. The first-order valence-corrected chi connectivity index (χ1v) is 5.65. The second-order valence-corrected chi connectivity index (χ2v) is 3.87. The average molecular weight is 257 g/mol. The van der Waals surface area contributed by atoms with Crippen molar-refractivity contribution in [1.29, 1.82) is 5.26 Å². The maximum Gasteiger partial charge on any atom is 0.165 e. The lowest BCUT2D eigenvalue weighted by atomic mass is 10.2. The molecule has 0 saturated carbocycles. The molecule has 19 heavy (non-hydrogen) atoms. The van der Waals surface area contributed by atoms with Crippen LogP contribution in [0.4, 0.5) is 10.2 Å². The van der Waals surface area contributed by atoms with Crippen LogP contribution in [0.3, 0.4) is 0 Å². The van der Waals surface area contributed by atoms with Gasteiger partial charge in [-0.2, -0.15) is 5.26 Å². The van der Waals surface area contributed by atoms with Crippen LogP contribution in [0.2, 0.25) is 0 Å². The summed E-state index contributed by atoms with van der Waals surface area (Å²) in [5.74, 6) is 0.463. The van der Waals surface area contributed by atoms with Gasteiger partial charge in [-0.15, -0.1) is 0 Å². The summed E-state index contributed by atoms with van der Waals surface area (Å²) in [6, 6.07) is 10.1. The molecule has 0 atom stereocenters. The van der Waals surface area contributed by atoms with Gasteiger partial charge in [0.25, 0.3) is 0 Å². The number of ether oxygens (including phenoxy) is 1. The molecule has 0 aliphatic rings. The quantitative estimate of drug-likeness (QED) is 0.914. The van der Waals surface area contributed by atoms with Crippen LogP contribution in [0.1, 0.15) is 11.1 Å². The molecule has 0 radical (unpaired) electrons. The summed E-state index contributed by atoms with van der Waals surface area (Å²) in [5, 5.41) is 11.7. The van der Waals surface area contributed by atoms with E-state index < -0.39 is 5.82 Å². The maximum atomic E-state index is 13.5. The molecule has 1 aromatic heterocycles. The number of benzene rings is 1. The number of hydrogen-bond acceptors (Lipinski definition) is 4. The molecule has 0 aliphatic carbocycles. The topological polar surface area (TPSA) is 57.9 Å². The third-order valence-corrected chi connectivity index (χ3v) is 2.58. The fraction of sp³-hybridized carbons (Fsp3) is 0.143. The lowest BCUT2D eigenvalue weighted by Crippen LogP contribution is -2.02. The normalized spacial score (nSPS) is 9.74. The molecule has 0 fully saturated rings. The van der Waals surface area contributed by atoms with Crippen LogP contribution in [0.5, 0.6) is 5.75 Å². The summed E-state index contributed by atoms with van der Waals surface area (Å²) < 4.78 is 18.3. The monoisotopic (exact) mass is 257 g/mol. The summed E-state index contributed by atoms with van der Waals surface area (Å²) in [5.41, 5.74) is 1.28. The Morgan fingerprint density at radius 2 is 2.21 bits per heavy atom. The number of rotatable bonds is 4. The van der Waals surface area contributed by atoms with Gasteiger partial charge in [0.15, 0.2) is 11.6 Å². The minimum absolute atomic E-state index is 0.222. The zero-order valence-corrected chi connectivity index (χ0v) is 10.4. The van der Waals surface area contributed by atoms with Gasteiger partial charge in [0.05, 0.1) is 12.7 Å². The van der Waals surface area contributed by atoms with E-state index >= 15 is 0 Å². The van der Waals surface area contributed by atoms with Gasteiger partial charge in [-0.25, -0.2) is 9.37 Å². The predicted molar refractivity (Wildman–Crippen MR) is 69.2 cm³/mol. The lowest BCUT2D eigenvalue weighted by Gasteiger charge is -2.07. The number of nitrogens with one attached hydrogen (secondary N) is 1. The lowest BCUT2D eigenvalue weighted by molar-refractivity contribution is 0.386. The van der Waals surface area contributed by atoms with E-state index in [4.69, 9.17) is 10.00 Å². The van der Waals surface area contributed by atoms with Crippen molar-refractivity contribution in [3.05, 3.63) is 53.5 Å². The van der Waals surface area contributed by atoms with Crippen molar-refractivity contribution in [2.45, 2.75) is 6.54 Å². The van der Waals surface area contributed by atoms with E-state index in [2.05, 4.69) is 10.3 Å². The van der Waals surface area contributed by atoms with Crippen molar-refractivity contribution in [2.24, 2.45) is 0 Å². The van der Waals surface area contributed by atoms with E-state index in [-0.39, 0.29) is 5.75 Å². The van der Waals surface area contributed by atoms with Crippen LogP contribution < -0.4 is 10.1 Å². The Labute approximate surface area is 110 Å². The van der Waals surface area contributed by atoms with E-state index in [0.717, 1.165) is 5.56 Å². The van der Waals surface area contributed by atoms with Crippen LogP contribution in [-0.4, -0.2) is 12.1 Å². The molecule has 4 nitrogen and oxygen atoms in total. The van der Waals surface area contributed by atoms with E-state index in [9.17, 15) is 4.39 Å². The molecular formula is C14H12FN3O. The minimum atomic E-state index is -0.394. The summed E-state index contributed by atoms with van der Waals surface area (Å²) in [6.45, 7) is 0.444. The summed E-state index contributed by atoms with van der Waals surface area (Å²) >= 11 is 0. The Kier molecular flexibility index (Phi) is 3.94. The Bertz CT molecular complexity index is 605. The van der Waals surface area contributed by atoms with Crippen LogP contribution in [0.25, 0.3) is 0 Å². The molecule has 5 heteroatoms. The van der Waals surface area contributed by atoms with Gasteiger partial charge in [0.1, 0.15) is 11.9 Å². The highest BCUT2D eigenvalue weighted by Gasteiger charge is 2.03. The van der Waals surface area contributed by atoms with Crippen LogP contribution in [-0.2, 0) is 6.54 Å². The molecule has 0 aliphatic heterocycles. The number of halogens is 1. The second kappa shape index (κ2) is 5.83. The molecule has 1 heterocycles. The van der Waals surface area contributed by atoms with E-state index in [0.29, 0.717) is 17.9 Å². The van der Waals surface area contributed by atoms with E-state index in [1.165, 1.54) is 19.4 Å². The van der Waals surface area contributed by atoms with Gasteiger partial charge in [0.2, 0.25) is 0 Å². The Balaban J connectivity index is 2.02. The van der Waals surface area contributed by atoms with Gasteiger partial charge in [-0.1, -0.05) is 6.07 Å². The molecule has 0 amide bonds. The van der Waals surface area contributed by atoms with Crippen molar-refractivity contribution in [2.75, 3.05) is 12.4 Å². The number of anilines is 1. The predicted octanol–water partition coefficient (Wildman–Crippen LogP) is 2.71. The van der Waals surface area contributed by atoms with Gasteiger partial charge >= 0.3 is 0 Å². The zero-order valence-electron chi connectivity index (χ0n) is 10.4. The molecule has 96 valence electrons. The number of nitrogens with zero attached hydrogens (tertiary/aromatic N) is 2. The molecular weight excluding hydrogens is 245 g/mol. The molecule has 0 spiro atoms. The summed E-state index contributed by atoms with van der Waals surface area (Å²) in [4.78, 5) is 4.07. The van der Waals surface area contributed by atoms with Crippen LogP contribution in [0, 0.1) is 17.1 Å². The molecule has 1 aromatic carbocycles. The van der Waals surface area contributed by atoms with E-state index in [1.54, 1.807) is 24.3 Å². The second-order valence-electron chi connectivity index (χ2n) is 3.87. The Morgan fingerprint density at radius 1 is 1.37 bits per heavy atom. The average Bonchev–Trinajstić information content (AvgIpc) is 2.46. The fourth-order valence-corrected chi connectivity index (χ4v) is 1.58. The minimum Gasteiger partial charge on any atom is -0.494 e. The largest absolute Gasteiger partial charge is 0.494 e. The molecule has 0 bridgehead atoms.